The van der Waals surface area contributed by atoms with Gasteiger partial charge in [0.2, 0.25) is 0 Å². The van der Waals surface area contributed by atoms with E-state index in [4.69, 9.17) is 11.6 Å². The molecule has 0 saturated carbocycles. The lowest BCUT2D eigenvalue weighted by molar-refractivity contribution is 0.0725. The Morgan fingerprint density at radius 1 is 1.32 bits per heavy atom. The molecule has 1 unspecified atom stereocenters. The van der Waals surface area contributed by atoms with E-state index in [1.165, 1.54) is 11.3 Å². The Balaban J connectivity index is 1.97. The van der Waals surface area contributed by atoms with Crippen LogP contribution in [0.5, 0.6) is 0 Å². The van der Waals surface area contributed by atoms with Crippen LogP contribution in [-0.2, 0) is 12.8 Å². The molecular formula is C15H12ClNOS. The first kappa shape index (κ1) is 12.7. The molecular weight excluding hydrogens is 278 g/mol. The third-order valence-electron chi connectivity index (χ3n) is 3.73. The average molecular weight is 290 g/mol. The highest BCUT2D eigenvalue weighted by Crippen LogP contribution is 2.47. The fourth-order valence-corrected chi connectivity index (χ4v) is 3.90. The van der Waals surface area contributed by atoms with Gasteiger partial charge in [-0.25, -0.2) is 0 Å². The number of thiophene rings is 1. The highest BCUT2D eigenvalue weighted by atomic mass is 35.5. The first-order chi connectivity index (χ1) is 9.14. The number of hydrogen-bond donors (Lipinski definition) is 1. The molecule has 0 amide bonds. The van der Waals surface area contributed by atoms with Gasteiger partial charge in [0.05, 0.1) is 16.5 Å². The molecule has 1 aromatic heterocycles. The zero-order chi connectivity index (χ0) is 13.5. The molecule has 1 atom stereocenters. The normalized spacial score (nSPS) is 17.7. The van der Waals surface area contributed by atoms with E-state index in [-0.39, 0.29) is 0 Å². The number of aliphatic hydroxyl groups is 1. The summed E-state index contributed by atoms with van der Waals surface area (Å²) in [7, 11) is 0. The molecule has 1 N–H and O–H groups in total. The molecule has 96 valence electrons. The first-order valence-corrected chi connectivity index (χ1v) is 7.30. The molecule has 4 heteroatoms. The van der Waals surface area contributed by atoms with E-state index in [2.05, 4.69) is 6.07 Å². The van der Waals surface area contributed by atoms with E-state index < -0.39 is 11.5 Å². The van der Waals surface area contributed by atoms with E-state index in [0.717, 1.165) is 16.0 Å². The topological polar surface area (TPSA) is 44.0 Å². The molecule has 0 saturated heterocycles. The molecule has 1 aliphatic rings. The number of fused-ring (bicyclic) bond motifs is 1. The van der Waals surface area contributed by atoms with Gasteiger partial charge in [-0.3, -0.25) is 0 Å². The summed E-state index contributed by atoms with van der Waals surface area (Å²) in [5, 5.41) is 22.6. The Morgan fingerprint density at radius 2 is 1.95 bits per heavy atom. The number of hydrogen-bond acceptors (Lipinski definition) is 3. The van der Waals surface area contributed by atoms with Crippen molar-refractivity contribution in [1.82, 2.24) is 0 Å². The van der Waals surface area contributed by atoms with Gasteiger partial charge in [-0.15, -0.1) is 11.3 Å². The van der Waals surface area contributed by atoms with Crippen molar-refractivity contribution < 1.29 is 5.11 Å². The molecule has 0 bridgehead atoms. The van der Waals surface area contributed by atoms with Gasteiger partial charge in [0.1, 0.15) is 6.10 Å². The molecule has 0 spiro atoms. The summed E-state index contributed by atoms with van der Waals surface area (Å²) in [5.41, 5.74) is 1.55. The highest BCUT2D eigenvalue weighted by molar-refractivity contribution is 7.10. The van der Waals surface area contributed by atoms with Crippen LogP contribution in [0.1, 0.15) is 22.1 Å². The Morgan fingerprint density at radius 3 is 2.42 bits per heavy atom. The Labute approximate surface area is 120 Å². The summed E-state index contributed by atoms with van der Waals surface area (Å²) in [4.78, 5) is 0.763. The molecule has 0 aliphatic heterocycles. The maximum Gasteiger partial charge on any atom is 0.107 e. The molecule has 19 heavy (non-hydrogen) atoms. The monoisotopic (exact) mass is 289 g/mol. The first-order valence-electron chi connectivity index (χ1n) is 6.05. The van der Waals surface area contributed by atoms with Crippen molar-refractivity contribution in [3.05, 3.63) is 56.7 Å². The largest absolute Gasteiger partial charge is 0.386 e. The van der Waals surface area contributed by atoms with Crippen LogP contribution in [0.15, 0.2) is 35.7 Å². The number of aliphatic hydroxyl groups excluding tert-OH is 1. The van der Waals surface area contributed by atoms with Crippen molar-refractivity contribution in [1.29, 1.82) is 5.26 Å². The quantitative estimate of drug-likeness (QED) is 0.915. The Kier molecular flexibility index (Phi) is 3.10. The van der Waals surface area contributed by atoms with Crippen molar-refractivity contribution in [3.63, 3.8) is 0 Å². The summed E-state index contributed by atoms with van der Waals surface area (Å²) >= 11 is 7.31. The van der Waals surface area contributed by atoms with E-state index in [1.54, 1.807) is 11.4 Å². The second-order valence-electron chi connectivity index (χ2n) is 4.96. The van der Waals surface area contributed by atoms with E-state index in [1.807, 2.05) is 24.3 Å². The fourth-order valence-electron chi connectivity index (χ4n) is 2.72. The van der Waals surface area contributed by atoms with E-state index in [9.17, 15) is 10.4 Å². The zero-order valence-electron chi connectivity index (χ0n) is 10.1. The summed E-state index contributed by atoms with van der Waals surface area (Å²) < 4.78 is 0. The van der Waals surface area contributed by atoms with Crippen molar-refractivity contribution in [2.24, 2.45) is 5.41 Å². The standard InChI is InChI=1S/C15H12ClNOS/c16-12-5-13(19-8-12)14(18)15(9-17)6-10-3-1-2-4-11(10)7-15/h1-5,8,14,18H,6-7H2. The highest BCUT2D eigenvalue weighted by Gasteiger charge is 2.44. The van der Waals surface area contributed by atoms with Crippen LogP contribution in [0.25, 0.3) is 0 Å². The van der Waals surface area contributed by atoms with Crippen LogP contribution in [0.4, 0.5) is 0 Å². The van der Waals surface area contributed by atoms with Gasteiger partial charge in [0.15, 0.2) is 0 Å². The fraction of sp³-hybridized carbons (Fsp3) is 0.267. The van der Waals surface area contributed by atoms with Gasteiger partial charge in [0, 0.05) is 10.3 Å². The molecule has 1 aliphatic carbocycles. The molecule has 1 aromatic carbocycles. The number of benzene rings is 1. The smallest absolute Gasteiger partial charge is 0.107 e. The van der Waals surface area contributed by atoms with Gasteiger partial charge in [-0.2, -0.15) is 5.26 Å². The zero-order valence-corrected chi connectivity index (χ0v) is 11.7. The SMILES string of the molecule is N#CC1(C(O)c2cc(Cl)cs2)Cc2ccccc2C1. The lowest BCUT2D eigenvalue weighted by Crippen LogP contribution is -2.27. The van der Waals surface area contributed by atoms with E-state index in [0.29, 0.717) is 17.9 Å². The average Bonchev–Trinajstić information content (AvgIpc) is 3.01. The lowest BCUT2D eigenvalue weighted by Gasteiger charge is -2.26. The van der Waals surface area contributed by atoms with Gasteiger partial charge in [-0.1, -0.05) is 35.9 Å². The van der Waals surface area contributed by atoms with Crippen molar-refractivity contribution >= 4 is 22.9 Å². The summed E-state index contributed by atoms with van der Waals surface area (Å²) in [6.45, 7) is 0. The summed E-state index contributed by atoms with van der Waals surface area (Å²) in [6, 6.07) is 12.1. The van der Waals surface area contributed by atoms with Crippen LogP contribution in [-0.4, -0.2) is 5.11 Å². The maximum atomic E-state index is 10.6. The molecule has 1 heterocycles. The van der Waals surface area contributed by atoms with Gasteiger partial charge in [-0.05, 0) is 30.0 Å². The lowest BCUT2D eigenvalue weighted by atomic mass is 9.80. The molecule has 2 aromatic rings. The number of halogens is 1. The molecule has 3 rings (SSSR count). The predicted octanol–water partition coefficient (Wildman–Crippen LogP) is 3.74. The minimum Gasteiger partial charge on any atom is -0.386 e. The van der Waals surface area contributed by atoms with Crippen molar-refractivity contribution in [3.8, 4) is 6.07 Å². The van der Waals surface area contributed by atoms with Gasteiger partial charge >= 0.3 is 0 Å². The maximum absolute atomic E-state index is 10.6. The summed E-state index contributed by atoms with van der Waals surface area (Å²) in [5.74, 6) is 0. The predicted molar refractivity (Wildman–Crippen MR) is 76.2 cm³/mol. The minimum absolute atomic E-state index is 0.594. The number of nitriles is 1. The molecule has 2 nitrogen and oxygen atoms in total. The second-order valence-corrected chi connectivity index (χ2v) is 6.34. The number of rotatable bonds is 2. The molecule has 0 fully saturated rings. The minimum atomic E-state index is -0.789. The van der Waals surface area contributed by atoms with Crippen molar-refractivity contribution in [2.75, 3.05) is 0 Å². The van der Waals surface area contributed by atoms with Crippen LogP contribution >= 0.6 is 22.9 Å². The second kappa shape index (κ2) is 4.64. The van der Waals surface area contributed by atoms with Gasteiger partial charge in [0.25, 0.3) is 0 Å². The van der Waals surface area contributed by atoms with Crippen molar-refractivity contribution in [2.45, 2.75) is 18.9 Å². The molecule has 0 radical (unpaired) electrons. The van der Waals surface area contributed by atoms with Gasteiger partial charge < -0.3 is 5.11 Å². The summed E-state index contributed by atoms with van der Waals surface area (Å²) in [6.07, 6.45) is 0.398. The third-order valence-corrected chi connectivity index (χ3v) is 5.07. The van der Waals surface area contributed by atoms with Crippen LogP contribution in [0.3, 0.4) is 0 Å². The Hall–Kier alpha value is -1.34. The van der Waals surface area contributed by atoms with Crippen LogP contribution in [0.2, 0.25) is 5.02 Å². The number of nitrogens with zero attached hydrogens (tertiary/aromatic N) is 1. The Bertz CT molecular complexity index is 633. The third kappa shape index (κ3) is 2.06. The van der Waals surface area contributed by atoms with Crippen LogP contribution in [0, 0.1) is 16.7 Å². The van der Waals surface area contributed by atoms with E-state index >= 15 is 0 Å². The van der Waals surface area contributed by atoms with Crippen LogP contribution < -0.4 is 0 Å².